The molecule has 0 amide bonds. The first-order valence-electron chi connectivity index (χ1n) is 8.98. The van der Waals surface area contributed by atoms with Crippen molar-refractivity contribution in [2.75, 3.05) is 20.8 Å². The highest BCUT2D eigenvalue weighted by Crippen LogP contribution is 2.39. The first kappa shape index (κ1) is 20.0. The minimum atomic E-state index is -4.37. The van der Waals surface area contributed by atoms with E-state index < -0.39 is 7.82 Å². The quantitative estimate of drug-likeness (QED) is 0.685. The Balaban J connectivity index is 1.64. The van der Waals surface area contributed by atoms with Crippen LogP contribution in [0.25, 0.3) is 10.9 Å². The Morgan fingerprint density at radius 2 is 1.78 bits per heavy atom. The molecule has 1 aliphatic rings. The second kappa shape index (κ2) is 8.52. The van der Waals surface area contributed by atoms with Gasteiger partial charge in [-0.3, -0.25) is 4.52 Å². The Hall–Kier alpha value is -1.73. The molecule has 0 atom stereocenters. The third-order valence-corrected chi connectivity index (χ3v) is 5.62. The topological polar surface area (TPSA) is 111 Å². The minimum Gasteiger partial charge on any atom is -0.493 e. The van der Waals surface area contributed by atoms with Crippen LogP contribution in [0, 0.1) is 5.92 Å². The Bertz CT molecular complexity index is 832. The lowest BCUT2D eigenvalue weighted by molar-refractivity contribution is 0.173. The Kier molecular flexibility index (Phi) is 6.32. The molecule has 2 aromatic rings. The number of fused-ring (bicyclic) bond motifs is 1. The van der Waals surface area contributed by atoms with E-state index in [0.717, 1.165) is 42.4 Å². The summed E-state index contributed by atoms with van der Waals surface area (Å²) in [6.45, 7) is 0.0910. The molecule has 0 spiro atoms. The molecule has 9 heteroatoms. The molecule has 148 valence electrons. The Morgan fingerprint density at radius 3 is 2.41 bits per heavy atom. The molecule has 1 saturated carbocycles. The van der Waals surface area contributed by atoms with Gasteiger partial charge in [-0.25, -0.2) is 14.5 Å². The van der Waals surface area contributed by atoms with Crippen LogP contribution >= 0.6 is 7.82 Å². The van der Waals surface area contributed by atoms with E-state index in [1.165, 1.54) is 0 Å². The molecular weight excluding hydrogens is 371 g/mol. The van der Waals surface area contributed by atoms with Gasteiger partial charge in [0.05, 0.1) is 26.3 Å². The van der Waals surface area contributed by atoms with Crippen molar-refractivity contribution in [3.63, 3.8) is 0 Å². The number of hydrogen-bond acceptors (Lipinski definition) is 6. The van der Waals surface area contributed by atoms with Gasteiger partial charge in [-0.15, -0.1) is 0 Å². The summed E-state index contributed by atoms with van der Waals surface area (Å²) in [5.41, 5.74) is 0.829. The molecule has 1 aromatic carbocycles. The van der Waals surface area contributed by atoms with Gasteiger partial charge in [0.2, 0.25) is 0 Å². The van der Waals surface area contributed by atoms with Gasteiger partial charge in [0.25, 0.3) is 0 Å². The zero-order chi connectivity index (χ0) is 19.4. The zero-order valence-corrected chi connectivity index (χ0v) is 16.4. The minimum absolute atomic E-state index is 0.0910. The largest absolute Gasteiger partial charge is 0.493 e. The monoisotopic (exact) mass is 396 g/mol. The van der Waals surface area contributed by atoms with E-state index in [4.69, 9.17) is 24.2 Å². The number of hydrogen-bond donors (Lipinski definition) is 2. The highest BCUT2D eigenvalue weighted by Gasteiger charge is 2.25. The molecule has 0 aliphatic heterocycles. The van der Waals surface area contributed by atoms with Gasteiger partial charge in [-0.2, -0.15) is 0 Å². The van der Waals surface area contributed by atoms with E-state index in [9.17, 15) is 4.57 Å². The highest BCUT2D eigenvalue weighted by atomic mass is 31.2. The fourth-order valence-corrected chi connectivity index (χ4v) is 3.96. The summed E-state index contributed by atoms with van der Waals surface area (Å²) in [7, 11) is -1.17. The number of methoxy groups -OCH3 is 2. The molecular formula is C18H25N2O6P. The van der Waals surface area contributed by atoms with Crippen molar-refractivity contribution in [2.45, 2.75) is 38.0 Å². The van der Waals surface area contributed by atoms with Crippen molar-refractivity contribution in [2.24, 2.45) is 5.92 Å². The third-order valence-electron chi connectivity index (χ3n) is 5.10. The van der Waals surface area contributed by atoms with E-state index in [2.05, 4.69) is 9.51 Å². The summed E-state index contributed by atoms with van der Waals surface area (Å²) in [5.74, 6) is 2.83. The lowest BCUT2D eigenvalue weighted by Crippen LogP contribution is -2.16. The lowest BCUT2D eigenvalue weighted by Gasteiger charge is -2.27. The van der Waals surface area contributed by atoms with Gasteiger partial charge in [-0.1, -0.05) is 0 Å². The SMILES string of the molecule is COc1cc2cnc(C3CCC(CCOP(=O)(O)O)CC3)nc2cc1OC. The van der Waals surface area contributed by atoms with Gasteiger partial charge in [0.15, 0.2) is 11.5 Å². The zero-order valence-electron chi connectivity index (χ0n) is 15.5. The summed E-state index contributed by atoms with van der Waals surface area (Å²) in [6.07, 6.45) is 6.34. The van der Waals surface area contributed by atoms with Crippen LogP contribution in [-0.4, -0.2) is 40.6 Å². The maximum absolute atomic E-state index is 10.7. The maximum atomic E-state index is 10.7. The second-order valence-corrected chi connectivity index (χ2v) is 8.06. The molecule has 0 radical (unpaired) electrons. The first-order valence-corrected chi connectivity index (χ1v) is 10.5. The third kappa shape index (κ3) is 5.17. The highest BCUT2D eigenvalue weighted by molar-refractivity contribution is 7.46. The molecule has 2 N–H and O–H groups in total. The summed E-state index contributed by atoms with van der Waals surface area (Å²) in [4.78, 5) is 26.8. The first-order chi connectivity index (χ1) is 12.9. The number of ether oxygens (including phenoxy) is 2. The average Bonchev–Trinajstić information content (AvgIpc) is 2.66. The normalized spacial score (nSPS) is 20.6. The molecule has 1 aromatic heterocycles. The molecule has 0 saturated heterocycles. The number of phosphoric ester groups is 1. The van der Waals surface area contributed by atoms with Crippen molar-refractivity contribution >= 4 is 18.7 Å². The van der Waals surface area contributed by atoms with Crippen molar-refractivity contribution in [3.05, 3.63) is 24.2 Å². The number of phosphoric acid groups is 1. The van der Waals surface area contributed by atoms with Crippen LogP contribution in [0.1, 0.15) is 43.8 Å². The number of nitrogens with zero attached hydrogens (tertiary/aromatic N) is 2. The maximum Gasteiger partial charge on any atom is 0.469 e. The van der Waals surface area contributed by atoms with Crippen LogP contribution in [0.4, 0.5) is 0 Å². The fraction of sp³-hybridized carbons (Fsp3) is 0.556. The van der Waals surface area contributed by atoms with Crippen molar-refractivity contribution in [1.82, 2.24) is 9.97 Å². The number of rotatable bonds is 7. The molecule has 27 heavy (non-hydrogen) atoms. The molecule has 1 fully saturated rings. The van der Waals surface area contributed by atoms with E-state index >= 15 is 0 Å². The van der Waals surface area contributed by atoms with Gasteiger partial charge in [-0.05, 0) is 44.1 Å². The van der Waals surface area contributed by atoms with Crippen LogP contribution in [0.15, 0.2) is 18.3 Å². The summed E-state index contributed by atoms with van der Waals surface area (Å²) < 4.78 is 26.0. The van der Waals surface area contributed by atoms with E-state index in [0.29, 0.717) is 29.8 Å². The number of benzene rings is 1. The van der Waals surface area contributed by atoms with Gasteiger partial charge >= 0.3 is 7.82 Å². The van der Waals surface area contributed by atoms with Crippen LogP contribution in [-0.2, 0) is 9.09 Å². The second-order valence-electron chi connectivity index (χ2n) is 6.82. The predicted molar refractivity (Wildman–Crippen MR) is 100.0 cm³/mol. The Labute approximate surface area is 158 Å². The molecule has 1 heterocycles. The van der Waals surface area contributed by atoms with Gasteiger partial charge in [0, 0.05) is 23.6 Å². The van der Waals surface area contributed by atoms with E-state index in [-0.39, 0.29) is 6.61 Å². The lowest BCUT2D eigenvalue weighted by atomic mass is 9.80. The van der Waals surface area contributed by atoms with E-state index in [1.807, 2.05) is 18.3 Å². The van der Waals surface area contributed by atoms with Gasteiger partial charge < -0.3 is 19.3 Å². The van der Waals surface area contributed by atoms with Crippen LogP contribution in [0.5, 0.6) is 11.5 Å². The van der Waals surface area contributed by atoms with Crippen molar-refractivity contribution in [3.8, 4) is 11.5 Å². The van der Waals surface area contributed by atoms with Crippen LogP contribution < -0.4 is 9.47 Å². The molecule has 3 rings (SSSR count). The van der Waals surface area contributed by atoms with Crippen molar-refractivity contribution < 1.29 is 28.3 Å². The number of aromatic nitrogens is 2. The Morgan fingerprint density at radius 1 is 1.11 bits per heavy atom. The molecule has 0 bridgehead atoms. The fourth-order valence-electron chi connectivity index (χ4n) is 3.62. The molecule has 0 unspecified atom stereocenters. The summed E-state index contributed by atoms with van der Waals surface area (Å²) >= 11 is 0. The smallest absolute Gasteiger partial charge is 0.469 e. The van der Waals surface area contributed by atoms with Gasteiger partial charge in [0.1, 0.15) is 5.82 Å². The van der Waals surface area contributed by atoms with Crippen LogP contribution in [0.2, 0.25) is 0 Å². The van der Waals surface area contributed by atoms with Crippen molar-refractivity contribution in [1.29, 1.82) is 0 Å². The summed E-state index contributed by atoms with van der Waals surface area (Å²) in [6, 6.07) is 3.74. The predicted octanol–water partition coefficient (Wildman–Crippen LogP) is 3.42. The summed E-state index contributed by atoms with van der Waals surface area (Å²) in [5, 5.41) is 0.902. The standard InChI is InChI=1S/C18H25N2O6P/c1-24-16-9-14-11-19-18(20-15(14)10-17(16)25-2)13-5-3-12(4-6-13)7-8-26-27(21,22)23/h9-13H,3-8H2,1-2H3,(H2,21,22,23). The average molecular weight is 396 g/mol. The molecule has 1 aliphatic carbocycles. The van der Waals surface area contributed by atoms with Crippen LogP contribution in [0.3, 0.4) is 0 Å². The van der Waals surface area contributed by atoms with E-state index in [1.54, 1.807) is 14.2 Å². The molecule has 8 nitrogen and oxygen atoms in total.